The summed E-state index contributed by atoms with van der Waals surface area (Å²) in [5.41, 5.74) is 0. The minimum Gasteiger partial charge on any atom is -0.356 e. The van der Waals surface area contributed by atoms with Crippen LogP contribution in [0.25, 0.3) is 0 Å². The number of aryl methyl sites for hydroxylation is 1. The Labute approximate surface area is 118 Å². The Kier molecular flexibility index (Phi) is 4.60. The highest BCUT2D eigenvalue weighted by atomic mass is 79.9. The van der Waals surface area contributed by atoms with Crippen LogP contribution in [0.4, 0.5) is 5.82 Å². The minimum atomic E-state index is 0.795. The van der Waals surface area contributed by atoms with Crippen molar-refractivity contribution in [3.63, 3.8) is 0 Å². The van der Waals surface area contributed by atoms with Gasteiger partial charge in [0.25, 0.3) is 0 Å². The van der Waals surface area contributed by atoms with Crippen LogP contribution in [0.2, 0.25) is 0 Å². The highest BCUT2D eigenvalue weighted by Crippen LogP contribution is 2.27. The molecule has 100 valence electrons. The van der Waals surface area contributed by atoms with Crippen LogP contribution in [-0.4, -0.2) is 23.1 Å². The molecular formula is C14H22BrN3. The third-order valence-electron chi connectivity index (χ3n) is 3.83. The van der Waals surface area contributed by atoms with Crippen molar-refractivity contribution in [3.8, 4) is 0 Å². The van der Waals surface area contributed by atoms with Crippen LogP contribution in [0.1, 0.15) is 38.9 Å². The molecule has 0 radical (unpaired) electrons. The van der Waals surface area contributed by atoms with E-state index >= 15 is 0 Å². The van der Waals surface area contributed by atoms with Crippen LogP contribution in [0.5, 0.6) is 0 Å². The molecule has 0 bridgehead atoms. The second-order valence-corrected chi connectivity index (χ2v) is 6.33. The summed E-state index contributed by atoms with van der Waals surface area (Å²) in [6.45, 7) is 8.86. The Hall–Kier alpha value is -0.640. The number of nitrogens with zero attached hydrogens (tertiary/aromatic N) is 3. The molecule has 2 rings (SSSR count). The number of aromatic nitrogens is 2. The number of halogens is 1. The molecule has 1 saturated heterocycles. The van der Waals surface area contributed by atoms with Crippen molar-refractivity contribution in [2.45, 2.75) is 40.0 Å². The lowest BCUT2D eigenvalue weighted by Crippen LogP contribution is -2.25. The second kappa shape index (κ2) is 6.00. The molecule has 1 aliphatic rings. The second-order valence-electron chi connectivity index (χ2n) is 5.52. The fraction of sp³-hybridized carbons (Fsp3) is 0.714. The van der Waals surface area contributed by atoms with Crippen molar-refractivity contribution in [2.24, 2.45) is 11.8 Å². The zero-order valence-electron chi connectivity index (χ0n) is 11.5. The maximum absolute atomic E-state index is 4.55. The van der Waals surface area contributed by atoms with Gasteiger partial charge in [0.2, 0.25) is 0 Å². The zero-order valence-corrected chi connectivity index (χ0v) is 13.1. The molecule has 0 saturated carbocycles. The molecule has 0 aromatic carbocycles. The molecule has 18 heavy (non-hydrogen) atoms. The van der Waals surface area contributed by atoms with Crippen LogP contribution in [0.3, 0.4) is 0 Å². The first-order valence-corrected chi connectivity index (χ1v) is 7.61. The first-order valence-electron chi connectivity index (χ1n) is 6.82. The van der Waals surface area contributed by atoms with Crippen molar-refractivity contribution < 1.29 is 0 Å². The lowest BCUT2D eigenvalue weighted by atomic mass is 9.89. The standard InChI is InChI=1S/C14H22BrN3/c1-10(2)12-5-4-7-18(8-6-12)14-9-13(15)16-11(3)17-14/h9-10,12H,4-8H2,1-3H3. The molecule has 0 amide bonds. The normalized spacial score (nSPS) is 21.2. The average Bonchev–Trinajstić information content (AvgIpc) is 2.52. The predicted octanol–water partition coefficient (Wildman–Crippen LogP) is 3.81. The highest BCUT2D eigenvalue weighted by Gasteiger charge is 2.20. The number of anilines is 1. The van der Waals surface area contributed by atoms with Gasteiger partial charge in [-0.15, -0.1) is 0 Å². The third-order valence-corrected chi connectivity index (χ3v) is 4.24. The molecule has 3 nitrogen and oxygen atoms in total. The molecule has 1 atom stereocenters. The first kappa shape index (κ1) is 13.8. The van der Waals surface area contributed by atoms with E-state index in [2.05, 4.69) is 44.6 Å². The molecular weight excluding hydrogens is 290 g/mol. The van der Waals surface area contributed by atoms with Gasteiger partial charge in [-0.2, -0.15) is 0 Å². The summed E-state index contributed by atoms with van der Waals surface area (Å²) in [6.07, 6.45) is 3.89. The van der Waals surface area contributed by atoms with Gasteiger partial charge in [-0.25, -0.2) is 9.97 Å². The van der Waals surface area contributed by atoms with Gasteiger partial charge in [0, 0.05) is 19.2 Å². The maximum atomic E-state index is 4.55. The minimum absolute atomic E-state index is 0.795. The smallest absolute Gasteiger partial charge is 0.133 e. The molecule has 2 heterocycles. The molecule has 0 aliphatic carbocycles. The molecule has 0 spiro atoms. The summed E-state index contributed by atoms with van der Waals surface area (Å²) < 4.78 is 0.884. The maximum Gasteiger partial charge on any atom is 0.133 e. The lowest BCUT2D eigenvalue weighted by molar-refractivity contribution is 0.351. The van der Waals surface area contributed by atoms with Gasteiger partial charge < -0.3 is 4.90 Å². The fourth-order valence-corrected chi connectivity index (χ4v) is 3.16. The van der Waals surface area contributed by atoms with E-state index in [4.69, 9.17) is 0 Å². The van der Waals surface area contributed by atoms with E-state index in [0.29, 0.717) is 0 Å². The first-order chi connectivity index (χ1) is 8.56. The van der Waals surface area contributed by atoms with E-state index < -0.39 is 0 Å². The molecule has 1 fully saturated rings. The van der Waals surface area contributed by atoms with Gasteiger partial charge >= 0.3 is 0 Å². The summed E-state index contributed by atoms with van der Waals surface area (Å²) in [7, 11) is 0. The molecule has 1 aromatic heterocycles. The summed E-state index contributed by atoms with van der Waals surface area (Å²) in [4.78, 5) is 11.2. The van der Waals surface area contributed by atoms with Crippen LogP contribution in [0, 0.1) is 18.8 Å². The summed E-state index contributed by atoms with van der Waals surface area (Å²) in [6, 6.07) is 2.03. The molecule has 1 aliphatic heterocycles. The van der Waals surface area contributed by atoms with E-state index in [1.54, 1.807) is 0 Å². The van der Waals surface area contributed by atoms with Gasteiger partial charge in [-0.3, -0.25) is 0 Å². The third kappa shape index (κ3) is 3.44. The quantitative estimate of drug-likeness (QED) is 0.778. The predicted molar refractivity (Wildman–Crippen MR) is 78.9 cm³/mol. The monoisotopic (exact) mass is 311 g/mol. The largest absolute Gasteiger partial charge is 0.356 e. The summed E-state index contributed by atoms with van der Waals surface area (Å²) >= 11 is 3.46. The Balaban J connectivity index is 2.09. The van der Waals surface area contributed by atoms with Gasteiger partial charge in [-0.05, 0) is 54.0 Å². The summed E-state index contributed by atoms with van der Waals surface area (Å²) in [5, 5.41) is 0. The van der Waals surface area contributed by atoms with Crippen molar-refractivity contribution in [3.05, 3.63) is 16.5 Å². The van der Waals surface area contributed by atoms with Crippen LogP contribution in [0.15, 0.2) is 10.7 Å². The fourth-order valence-electron chi connectivity index (χ4n) is 2.70. The van der Waals surface area contributed by atoms with Gasteiger partial charge in [-0.1, -0.05) is 13.8 Å². The highest BCUT2D eigenvalue weighted by molar-refractivity contribution is 9.10. The SMILES string of the molecule is Cc1nc(Br)cc(N2CCCC(C(C)C)CC2)n1. The number of rotatable bonds is 2. The van der Waals surface area contributed by atoms with Crippen molar-refractivity contribution >= 4 is 21.7 Å². The topological polar surface area (TPSA) is 29.0 Å². The zero-order chi connectivity index (χ0) is 13.1. The van der Waals surface area contributed by atoms with E-state index in [9.17, 15) is 0 Å². The Morgan fingerprint density at radius 1 is 1.28 bits per heavy atom. The number of hydrogen-bond acceptors (Lipinski definition) is 3. The van der Waals surface area contributed by atoms with Crippen molar-refractivity contribution in [2.75, 3.05) is 18.0 Å². The Morgan fingerprint density at radius 2 is 2.06 bits per heavy atom. The Morgan fingerprint density at radius 3 is 2.72 bits per heavy atom. The van der Waals surface area contributed by atoms with Gasteiger partial charge in [0.1, 0.15) is 16.2 Å². The molecule has 0 N–H and O–H groups in total. The van der Waals surface area contributed by atoms with Gasteiger partial charge in [0.05, 0.1) is 0 Å². The lowest BCUT2D eigenvalue weighted by Gasteiger charge is -2.22. The molecule has 4 heteroatoms. The van der Waals surface area contributed by atoms with E-state index in [1.165, 1.54) is 19.3 Å². The molecule has 1 unspecified atom stereocenters. The van der Waals surface area contributed by atoms with Crippen molar-refractivity contribution in [1.82, 2.24) is 9.97 Å². The van der Waals surface area contributed by atoms with E-state index in [-0.39, 0.29) is 0 Å². The molecule has 1 aromatic rings. The number of hydrogen-bond donors (Lipinski definition) is 0. The van der Waals surface area contributed by atoms with E-state index in [1.807, 2.05) is 13.0 Å². The van der Waals surface area contributed by atoms with Crippen molar-refractivity contribution in [1.29, 1.82) is 0 Å². The van der Waals surface area contributed by atoms with E-state index in [0.717, 1.165) is 41.2 Å². The Bertz CT molecular complexity index is 386. The van der Waals surface area contributed by atoms with Crippen LogP contribution in [-0.2, 0) is 0 Å². The van der Waals surface area contributed by atoms with Crippen LogP contribution < -0.4 is 4.90 Å². The summed E-state index contributed by atoms with van der Waals surface area (Å²) in [5.74, 6) is 3.56. The average molecular weight is 312 g/mol. The van der Waals surface area contributed by atoms with Crippen LogP contribution >= 0.6 is 15.9 Å². The van der Waals surface area contributed by atoms with Gasteiger partial charge in [0.15, 0.2) is 0 Å².